The van der Waals surface area contributed by atoms with Gasteiger partial charge in [-0.1, -0.05) is 62.2 Å². The molecule has 0 saturated carbocycles. The first-order chi connectivity index (χ1) is 18.9. The molecule has 0 aliphatic heterocycles. The molecule has 0 heterocycles. The average molecular weight is 588 g/mol. The van der Waals surface area contributed by atoms with Crippen molar-refractivity contribution < 1.29 is 22.4 Å². The summed E-state index contributed by atoms with van der Waals surface area (Å²) < 4.78 is 42.3. The van der Waals surface area contributed by atoms with Gasteiger partial charge in [0.05, 0.1) is 10.6 Å². The van der Waals surface area contributed by atoms with E-state index < -0.39 is 34.3 Å². The van der Waals surface area contributed by atoms with E-state index in [1.54, 1.807) is 31.2 Å². The van der Waals surface area contributed by atoms with Crippen LogP contribution in [0.2, 0.25) is 5.02 Å². The maximum Gasteiger partial charge on any atom is 0.264 e. The van der Waals surface area contributed by atoms with E-state index in [9.17, 15) is 22.4 Å². The van der Waals surface area contributed by atoms with Gasteiger partial charge in [-0.2, -0.15) is 0 Å². The summed E-state index contributed by atoms with van der Waals surface area (Å²) in [4.78, 5) is 28.5. The van der Waals surface area contributed by atoms with Crippen LogP contribution in [0.1, 0.15) is 38.3 Å². The summed E-state index contributed by atoms with van der Waals surface area (Å²) in [6, 6.07) is 17.3. The van der Waals surface area contributed by atoms with Gasteiger partial charge in [0.2, 0.25) is 11.8 Å². The van der Waals surface area contributed by atoms with Crippen molar-refractivity contribution in [3.05, 3.63) is 94.8 Å². The van der Waals surface area contributed by atoms with Crippen LogP contribution in [0.3, 0.4) is 0 Å². The highest BCUT2D eigenvalue weighted by Crippen LogP contribution is 2.26. The van der Waals surface area contributed by atoms with E-state index in [0.29, 0.717) is 29.2 Å². The third-order valence-corrected chi connectivity index (χ3v) is 8.38. The Morgan fingerprint density at radius 3 is 2.10 bits per heavy atom. The molecule has 0 aromatic heterocycles. The lowest BCUT2D eigenvalue weighted by atomic mass is 10.1. The molecule has 0 aliphatic rings. The number of nitrogens with zero attached hydrogens (tertiary/aromatic N) is 2. The normalized spacial score (nSPS) is 12.2. The van der Waals surface area contributed by atoms with E-state index in [0.717, 1.165) is 9.87 Å². The number of halogens is 2. The van der Waals surface area contributed by atoms with Gasteiger partial charge in [-0.3, -0.25) is 13.9 Å². The molecule has 0 bridgehead atoms. The maximum absolute atomic E-state index is 14.0. The molecule has 7 nitrogen and oxygen atoms in total. The highest BCUT2D eigenvalue weighted by molar-refractivity contribution is 7.92. The van der Waals surface area contributed by atoms with Crippen LogP contribution in [0.4, 0.5) is 10.1 Å². The van der Waals surface area contributed by atoms with Crippen molar-refractivity contribution in [3.8, 4) is 0 Å². The molecular formula is C30H35ClFN3O4S. The zero-order chi connectivity index (χ0) is 29.4. The number of sulfonamides is 1. The van der Waals surface area contributed by atoms with Crippen molar-refractivity contribution in [1.82, 2.24) is 10.2 Å². The number of carbonyl (C=O) groups excluding carboxylic acids is 2. The topological polar surface area (TPSA) is 86.8 Å². The van der Waals surface area contributed by atoms with Gasteiger partial charge in [-0.15, -0.1) is 0 Å². The number of amides is 2. The Morgan fingerprint density at radius 2 is 1.55 bits per heavy atom. The summed E-state index contributed by atoms with van der Waals surface area (Å²) in [5.41, 5.74) is 1.82. The highest BCUT2D eigenvalue weighted by Gasteiger charge is 2.33. The van der Waals surface area contributed by atoms with E-state index in [1.165, 1.54) is 53.4 Å². The minimum absolute atomic E-state index is 0.00451. The second kappa shape index (κ2) is 13.8. The molecule has 2 amide bonds. The summed E-state index contributed by atoms with van der Waals surface area (Å²) >= 11 is 5.98. The molecule has 40 heavy (non-hydrogen) atoms. The van der Waals surface area contributed by atoms with Gasteiger partial charge in [0.25, 0.3) is 10.0 Å². The van der Waals surface area contributed by atoms with Gasteiger partial charge in [0.1, 0.15) is 18.4 Å². The van der Waals surface area contributed by atoms with Gasteiger partial charge in [-0.25, -0.2) is 12.8 Å². The fourth-order valence-electron chi connectivity index (χ4n) is 4.10. The van der Waals surface area contributed by atoms with Crippen molar-refractivity contribution in [1.29, 1.82) is 0 Å². The lowest BCUT2D eigenvalue weighted by Crippen LogP contribution is -2.52. The van der Waals surface area contributed by atoms with E-state index >= 15 is 0 Å². The predicted octanol–water partition coefficient (Wildman–Crippen LogP) is 5.56. The molecule has 3 rings (SSSR count). The minimum Gasteiger partial charge on any atom is -0.354 e. The number of aryl methyl sites for hydroxylation is 1. The quantitative estimate of drug-likeness (QED) is 0.300. The molecule has 0 saturated heterocycles. The summed E-state index contributed by atoms with van der Waals surface area (Å²) in [5, 5.41) is 3.25. The van der Waals surface area contributed by atoms with Gasteiger partial charge < -0.3 is 10.2 Å². The van der Waals surface area contributed by atoms with Crippen LogP contribution in [0, 0.1) is 18.7 Å². The molecule has 0 aliphatic carbocycles. The van der Waals surface area contributed by atoms with Crippen LogP contribution in [-0.4, -0.2) is 44.3 Å². The second-order valence-corrected chi connectivity index (χ2v) is 12.3. The monoisotopic (exact) mass is 587 g/mol. The van der Waals surface area contributed by atoms with Crippen molar-refractivity contribution in [3.63, 3.8) is 0 Å². The predicted molar refractivity (Wildman–Crippen MR) is 156 cm³/mol. The zero-order valence-electron chi connectivity index (χ0n) is 23.1. The molecule has 0 radical (unpaired) electrons. The number of hydrogen-bond acceptors (Lipinski definition) is 4. The third kappa shape index (κ3) is 8.05. The lowest BCUT2D eigenvalue weighted by molar-refractivity contribution is -0.140. The number of carbonyl (C=O) groups is 2. The average Bonchev–Trinajstić information content (AvgIpc) is 2.92. The van der Waals surface area contributed by atoms with Crippen LogP contribution in [0.15, 0.2) is 77.7 Å². The minimum atomic E-state index is -4.19. The van der Waals surface area contributed by atoms with Gasteiger partial charge >= 0.3 is 0 Å². The van der Waals surface area contributed by atoms with Crippen molar-refractivity contribution in [2.24, 2.45) is 5.92 Å². The lowest BCUT2D eigenvalue weighted by Gasteiger charge is -2.33. The molecule has 1 atom stereocenters. The van der Waals surface area contributed by atoms with Crippen molar-refractivity contribution in [2.75, 3.05) is 17.4 Å². The Labute approximate surface area is 241 Å². The Kier molecular flexibility index (Phi) is 10.7. The van der Waals surface area contributed by atoms with Crippen LogP contribution in [-0.2, 0) is 26.2 Å². The van der Waals surface area contributed by atoms with Crippen molar-refractivity contribution >= 4 is 39.1 Å². The van der Waals surface area contributed by atoms with Crippen molar-refractivity contribution in [2.45, 2.75) is 51.6 Å². The van der Waals surface area contributed by atoms with Crippen LogP contribution in [0.5, 0.6) is 0 Å². The number of benzene rings is 3. The van der Waals surface area contributed by atoms with E-state index in [4.69, 9.17) is 11.6 Å². The zero-order valence-corrected chi connectivity index (χ0v) is 24.7. The highest BCUT2D eigenvalue weighted by atomic mass is 35.5. The molecule has 0 fully saturated rings. The summed E-state index contributed by atoms with van der Waals surface area (Å²) in [7, 11) is -4.19. The SMILES string of the molecule is CC[C@H](C(=O)NCC(C)C)N(Cc1ccc(F)cc1)C(=O)CN(c1ccc(C)cc1)S(=O)(=O)c1ccc(Cl)cc1. The molecule has 10 heteroatoms. The Bertz CT molecular complexity index is 1400. The molecule has 3 aromatic carbocycles. The second-order valence-electron chi connectivity index (χ2n) is 10.0. The van der Waals surface area contributed by atoms with E-state index in [1.807, 2.05) is 20.8 Å². The number of anilines is 1. The maximum atomic E-state index is 14.0. The van der Waals surface area contributed by atoms with Crippen LogP contribution >= 0.6 is 11.6 Å². The van der Waals surface area contributed by atoms with Crippen LogP contribution in [0.25, 0.3) is 0 Å². The molecular weight excluding hydrogens is 553 g/mol. The van der Waals surface area contributed by atoms with Crippen LogP contribution < -0.4 is 9.62 Å². The first-order valence-electron chi connectivity index (χ1n) is 13.1. The van der Waals surface area contributed by atoms with E-state index in [-0.39, 0.29) is 23.3 Å². The molecule has 214 valence electrons. The molecule has 1 N–H and O–H groups in total. The first kappa shape index (κ1) is 31.1. The number of rotatable bonds is 12. The third-order valence-electron chi connectivity index (χ3n) is 6.34. The smallest absolute Gasteiger partial charge is 0.264 e. The summed E-state index contributed by atoms with van der Waals surface area (Å²) in [6.07, 6.45) is 0.297. The molecule has 0 unspecified atom stereocenters. The largest absolute Gasteiger partial charge is 0.354 e. The summed E-state index contributed by atoms with van der Waals surface area (Å²) in [5.74, 6) is -1.14. The molecule has 3 aromatic rings. The first-order valence-corrected chi connectivity index (χ1v) is 14.9. The number of nitrogens with one attached hydrogen (secondary N) is 1. The Morgan fingerprint density at radius 1 is 0.950 bits per heavy atom. The fraction of sp³-hybridized carbons (Fsp3) is 0.333. The molecule has 0 spiro atoms. The fourth-order valence-corrected chi connectivity index (χ4v) is 5.64. The van der Waals surface area contributed by atoms with Gasteiger partial charge in [0.15, 0.2) is 0 Å². The standard InChI is InChI=1S/C30H35ClFN3O4S/c1-5-28(30(37)33-18-21(2)3)34(19-23-8-12-25(32)13-9-23)29(36)20-35(26-14-6-22(4)7-15-26)40(38,39)27-16-10-24(31)11-17-27/h6-17,21,28H,5,18-20H2,1-4H3,(H,33,37)/t28-/m1/s1. The number of hydrogen-bond donors (Lipinski definition) is 1. The Hall–Kier alpha value is -3.43. The van der Waals surface area contributed by atoms with Gasteiger partial charge in [0, 0.05) is 18.1 Å². The summed E-state index contributed by atoms with van der Waals surface area (Å²) in [6.45, 7) is 7.45. The Balaban J connectivity index is 2.03. The van der Waals surface area contributed by atoms with E-state index in [2.05, 4.69) is 5.32 Å². The van der Waals surface area contributed by atoms with Gasteiger partial charge in [-0.05, 0) is 73.4 Å².